The second-order valence-corrected chi connectivity index (χ2v) is 20.3. The molecule has 0 amide bonds. The average molecular weight is 1140 g/mol. The van der Waals surface area contributed by atoms with E-state index in [2.05, 4.69) is 12.2 Å². The van der Waals surface area contributed by atoms with Gasteiger partial charge in [-0.2, -0.15) is 0 Å². The second kappa shape index (κ2) is 34.8. The molecule has 0 saturated heterocycles. The van der Waals surface area contributed by atoms with Crippen molar-refractivity contribution in [1.82, 2.24) is 0 Å². The molecule has 0 bridgehead atoms. The quantitative estimate of drug-likeness (QED) is 0.0834. The number of phenolic OH excluding ortho intramolecular Hbond substituents is 8. The molecule has 0 aliphatic carbocycles. The van der Waals surface area contributed by atoms with E-state index in [1.54, 1.807) is 55.5 Å². The van der Waals surface area contributed by atoms with Gasteiger partial charge in [0.2, 0.25) is 0 Å². The summed E-state index contributed by atoms with van der Waals surface area (Å²) in [7, 11) is 0. The fourth-order valence-electron chi connectivity index (χ4n) is 6.18. The molecular formula is C65H79Cl4NO8. The van der Waals surface area contributed by atoms with Crippen LogP contribution in [0.4, 0.5) is 5.69 Å². The van der Waals surface area contributed by atoms with Crippen LogP contribution in [0.5, 0.6) is 46.0 Å². The number of rotatable bonds is 3. The summed E-state index contributed by atoms with van der Waals surface area (Å²) in [6.07, 6.45) is 1.09. The highest BCUT2D eigenvalue weighted by Gasteiger charge is 2.06. The molecule has 0 aromatic heterocycles. The molecule has 13 heteroatoms. The lowest BCUT2D eigenvalue weighted by atomic mass is 10.1. The minimum Gasteiger partial charge on any atom is -0.508 e. The van der Waals surface area contributed by atoms with Crippen molar-refractivity contribution in [2.45, 2.75) is 110 Å². The lowest BCUT2D eigenvalue weighted by molar-refractivity contribution is 0.466. The maximum Gasteiger partial charge on any atom is 0.137 e. The monoisotopic (exact) mass is 1140 g/mol. The van der Waals surface area contributed by atoms with Crippen molar-refractivity contribution < 1.29 is 40.9 Å². The molecule has 8 rings (SSSR count). The van der Waals surface area contributed by atoms with E-state index in [-0.39, 0.29) is 11.5 Å². The zero-order valence-electron chi connectivity index (χ0n) is 47.6. The molecule has 0 saturated carbocycles. The van der Waals surface area contributed by atoms with Crippen molar-refractivity contribution in [2.75, 3.05) is 11.9 Å². The molecule has 0 fully saturated rings. The average Bonchev–Trinajstić information content (AvgIpc) is 3.39. The SMILES string of the molecule is CCCNc1ccc(C)c(O)c1.Cc1c(Cl)ccc(O)c1Cl.Cc1cc(Cl)c(C)cc1O.Cc1ccc(C)c(Cl)c1O.Cc1ccc(C)c(O)c1.Cc1ccc(C)c(O)c1C.Cc1cccc(O)c1.Cc1cccc(O)c1C. The Balaban J connectivity index is 0.000000447. The van der Waals surface area contributed by atoms with E-state index in [9.17, 15) is 15.3 Å². The first-order valence-electron chi connectivity index (χ1n) is 25.0. The van der Waals surface area contributed by atoms with E-state index >= 15 is 0 Å². The zero-order chi connectivity index (χ0) is 59.6. The van der Waals surface area contributed by atoms with Crippen molar-refractivity contribution in [2.24, 2.45) is 0 Å². The van der Waals surface area contributed by atoms with Crippen LogP contribution in [-0.2, 0) is 0 Å². The molecule has 8 aromatic carbocycles. The predicted octanol–water partition coefficient (Wildman–Crippen LogP) is 18.9. The Bertz CT molecular complexity index is 2860. The van der Waals surface area contributed by atoms with Crippen LogP contribution in [-0.4, -0.2) is 47.4 Å². The van der Waals surface area contributed by atoms with Crippen LogP contribution >= 0.6 is 46.4 Å². The van der Waals surface area contributed by atoms with Gasteiger partial charge in [-0.05, 0) is 236 Å². The van der Waals surface area contributed by atoms with Crippen LogP contribution < -0.4 is 5.32 Å². The second-order valence-electron chi connectivity index (χ2n) is 18.7. The summed E-state index contributed by atoms with van der Waals surface area (Å²) in [5.74, 6) is 2.47. The third-order valence-electron chi connectivity index (χ3n) is 11.9. The van der Waals surface area contributed by atoms with E-state index in [1.165, 1.54) is 6.07 Å². The standard InChI is InChI=1S/C10H15NO.C9H12O.2C8H9ClO.2C8H10O.C7H6Cl2O.C7H8O/c1-3-6-11-9-5-4-8(2)10(12)7-9;1-6-4-5-7(2)9(10)8(6)3;1-5-4-8(10)6(2)3-7(5)9;1-5-3-4-6(2)8(10)7(5)9;1-6-3-4-7(2)8(9)5-6;1-6-4-3-5-8(9)7(6)2;1-4-5(8)2-3-6(10)7(4)9;1-6-3-2-4-7(8)5-6/h4-5,7,11-12H,3,6H2,1-2H3;4-5,10H,1-3H3;2*3-4,10H,1-2H3;2*3-5,9H,1-2H3;2-3,10H,1H3;2-5,8H,1H3. The van der Waals surface area contributed by atoms with E-state index in [0.717, 1.165) is 91.0 Å². The minimum absolute atomic E-state index is 0.0727. The molecule has 0 radical (unpaired) electrons. The number of nitrogens with one attached hydrogen (secondary N) is 1. The summed E-state index contributed by atoms with van der Waals surface area (Å²) in [5.41, 5.74) is 14.4. The van der Waals surface area contributed by atoms with Gasteiger partial charge < -0.3 is 46.2 Å². The number of benzene rings is 8. The van der Waals surface area contributed by atoms with Gasteiger partial charge in [0.15, 0.2) is 0 Å². The number of aromatic hydroxyl groups is 8. The molecule has 8 aromatic rings. The molecule has 0 aliphatic rings. The van der Waals surface area contributed by atoms with Gasteiger partial charge in [0.05, 0.1) is 10.0 Å². The van der Waals surface area contributed by atoms with Crippen molar-refractivity contribution in [3.05, 3.63) is 225 Å². The van der Waals surface area contributed by atoms with Crippen LogP contribution in [0, 0.1) is 96.9 Å². The lowest BCUT2D eigenvalue weighted by Gasteiger charge is -2.05. The van der Waals surface area contributed by atoms with Crippen LogP contribution in [0.1, 0.15) is 91.2 Å². The normalized spacial score (nSPS) is 9.73. The first-order valence-corrected chi connectivity index (χ1v) is 26.5. The summed E-state index contributed by atoms with van der Waals surface area (Å²) in [5, 5.41) is 78.5. The Hall–Kier alpha value is -6.88. The lowest BCUT2D eigenvalue weighted by Crippen LogP contribution is -1.98. The predicted molar refractivity (Wildman–Crippen MR) is 330 cm³/mol. The van der Waals surface area contributed by atoms with Crippen molar-refractivity contribution in [3.8, 4) is 46.0 Å². The molecule has 0 aliphatic heterocycles. The highest BCUT2D eigenvalue weighted by atomic mass is 35.5. The Morgan fingerprint density at radius 1 is 0.333 bits per heavy atom. The van der Waals surface area contributed by atoms with Crippen LogP contribution in [0.15, 0.2) is 127 Å². The number of hydrogen-bond acceptors (Lipinski definition) is 9. The van der Waals surface area contributed by atoms with Gasteiger partial charge >= 0.3 is 0 Å². The smallest absolute Gasteiger partial charge is 0.137 e. The molecule has 0 heterocycles. The number of phenols is 8. The summed E-state index contributed by atoms with van der Waals surface area (Å²) in [6.45, 7) is 29.6. The third kappa shape index (κ3) is 24.6. The van der Waals surface area contributed by atoms with Crippen LogP contribution in [0.2, 0.25) is 20.1 Å². The van der Waals surface area contributed by atoms with Gasteiger partial charge in [-0.3, -0.25) is 0 Å². The molecule has 78 heavy (non-hydrogen) atoms. The number of anilines is 1. The summed E-state index contributed by atoms with van der Waals surface area (Å²) >= 11 is 22.8. The first kappa shape index (κ1) is 69.1. The number of aryl methyl sites for hydroxylation is 11. The molecule has 0 spiro atoms. The molecule has 9 nitrogen and oxygen atoms in total. The number of halogens is 4. The molecular weight excluding hydrogens is 1060 g/mol. The Morgan fingerprint density at radius 2 is 0.833 bits per heavy atom. The van der Waals surface area contributed by atoms with Crippen molar-refractivity contribution in [1.29, 1.82) is 0 Å². The molecule has 0 atom stereocenters. The minimum atomic E-state index is 0.0727. The van der Waals surface area contributed by atoms with E-state index in [4.69, 9.17) is 71.9 Å². The third-order valence-corrected chi connectivity index (χ3v) is 13.7. The van der Waals surface area contributed by atoms with E-state index in [1.807, 2.05) is 163 Å². The zero-order valence-corrected chi connectivity index (χ0v) is 50.7. The van der Waals surface area contributed by atoms with E-state index in [0.29, 0.717) is 60.2 Å². The van der Waals surface area contributed by atoms with Crippen molar-refractivity contribution in [3.63, 3.8) is 0 Å². The molecule has 0 unspecified atom stereocenters. The Kier molecular flexibility index (Phi) is 30.8. The number of hydrogen-bond donors (Lipinski definition) is 9. The van der Waals surface area contributed by atoms with Crippen LogP contribution in [0.3, 0.4) is 0 Å². The van der Waals surface area contributed by atoms with E-state index < -0.39 is 0 Å². The van der Waals surface area contributed by atoms with Gasteiger partial charge in [-0.15, -0.1) is 0 Å². The molecule has 420 valence electrons. The summed E-state index contributed by atoms with van der Waals surface area (Å²) in [4.78, 5) is 0. The highest BCUT2D eigenvalue weighted by Crippen LogP contribution is 2.32. The summed E-state index contributed by atoms with van der Waals surface area (Å²) < 4.78 is 0. The fourth-order valence-corrected chi connectivity index (χ4v) is 6.98. The van der Waals surface area contributed by atoms with Crippen LogP contribution in [0.25, 0.3) is 0 Å². The maximum absolute atomic E-state index is 9.39. The Morgan fingerprint density at radius 3 is 1.29 bits per heavy atom. The van der Waals surface area contributed by atoms with Gasteiger partial charge in [0.25, 0.3) is 0 Å². The van der Waals surface area contributed by atoms with Crippen molar-refractivity contribution >= 4 is 52.1 Å². The van der Waals surface area contributed by atoms with Gasteiger partial charge in [-0.25, -0.2) is 0 Å². The molecule has 9 N–H and O–H groups in total. The summed E-state index contributed by atoms with van der Waals surface area (Å²) in [6, 6.07) is 38.1. The van der Waals surface area contributed by atoms with Gasteiger partial charge in [-0.1, -0.05) is 120 Å². The largest absolute Gasteiger partial charge is 0.508 e. The van der Waals surface area contributed by atoms with Gasteiger partial charge in [0.1, 0.15) is 46.0 Å². The first-order chi connectivity index (χ1) is 36.4. The fraction of sp³-hybridized carbons (Fsp3) is 0.262. The topological polar surface area (TPSA) is 174 Å². The maximum atomic E-state index is 9.39. The Labute approximate surface area is 483 Å². The van der Waals surface area contributed by atoms with Gasteiger partial charge in [0, 0.05) is 28.3 Å². The highest BCUT2D eigenvalue weighted by molar-refractivity contribution is 6.36.